The number of hydrogen-bond acceptors (Lipinski definition) is 8. The van der Waals surface area contributed by atoms with Crippen LogP contribution in [0.2, 0.25) is 0 Å². The number of nitriles is 1. The molecular formula is C35H41N9O3. The average Bonchev–Trinajstić information content (AvgIpc) is 3.44. The molecule has 4 N–H and O–H groups in total. The Balaban J connectivity index is 1.32. The number of aryl methyl sites for hydroxylation is 2. The number of aromatic nitrogens is 4. The molecular weight excluding hydrogens is 594 g/mol. The lowest BCUT2D eigenvalue weighted by Gasteiger charge is -2.49. The van der Waals surface area contributed by atoms with Crippen LogP contribution in [-0.4, -0.2) is 80.5 Å². The molecule has 0 unspecified atom stereocenters. The molecule has 2 aromatic carbocycles. The lowest BCUT2D eigenvalue weighted by Crippen LogP contribution is -2.58. The Morgan fingerprint density at radius 3 is 2.13 bits per heavy atom. The first-order chi connectivity index (χ1) is 22.8. The zero-order valence-electron chi connectivity index (χ0n) is 26.9. The number of fused-ring (bicyclic) bond motifs is 3. The van der Waals surface area contributed by atoms with Gasteiger partial charge in [0.15, 0.2) is 5.82 Å². The van der Waals surface area contributed by atoms with Gasteiger partial charge in [-0.3, -0.25) is 14.4 Å². The minimum atomic E-state index is -0.870. The highest BCUT2D eigenvalue weighted by molar-refractivity contribution is 5.95. The molecule has 2 saturated carbocycles. The number of piperidine rings is 1. The smallest absolute Gasteiger partial charge is 0.251 e. The Morgan fingerprint density at radius 2 is 1.62 bits per heavy atom. The van der Waals surface area contributed by atoms with Crippen molar-refractivity contribution in [2.24, 2.45) is 5.92 Å². The molecule has 1 aliphatic heterocycles. The second-order valence-electron chi connectivity index (χ2n) is 13.5. The molecule has 3 amide bonds. The highest BCUT2D eigenvalue weighted by Crippen LogP contribution is 2.52. The van der Waals surface area contributed by atoms with Crippen molar-refractivity contribution in [3.63, 3.8) is 0 Å². The molecule has 4 aliphatic rings. The SMILES string of the molecule is CCNC(=O)c1ccc2c(c1)CCc1cc(C(=O)NCC)ccc1C2(CC1(NCC(=O)N2[C@H](C#N)C[C@@H]3C[C@@H]32)CCC1)c1nnn[nH]1. The summed E-state index contributed by atoms with van der Waals surface area (Å²) in [5.74, 6) is 0.740. The number of amides is 3. The van der Waals surface area contributed by atoms with Gasteiger partial charge < -0.3 is 20.9 Å². The number of H-pyrrole nitrogens is 1. The lowest BCUT2D eigenvalue weighted by molar-refractivity contribution is -0.131. The van der Waals surface area contributed by atoms with Crippen molar-refractivity contribution in [1.29, 1.82) is 5.26 Å². The first-order valence-electron chi connectivity index (χ1n) is 16.9. The van der Waals surface area contributed by atoms with Gasteiger partial charge in [0.1, 0.15) is 6.04 Å². The Bertz CT molecular complexity index is 1670. The van der Waals surface area contributed by atoms with Gasteiger partial charge in [-0.2, -0.15) is 5.26 Å². The molecule has 2 heterocycles. The van der Waals surface area contributed by atoms with Crippen molar-refractivity contribution in [2.75, 3.05) is 19.6 Å². The van der Waals surface area contributed by atoms with E-state index in [1.807, 2.05) is 55.1 Å². The van der Waals surface area contributed by atoms with E-state index in [1.54, 1.807) is 0 Å². The number of carbonyl (C=O) groups is 3. The van der Waals surface area contributed by atoms with Gasteiger partial charge in [0.2, 0.25) is 5.91 Å². The number of carbonyl (C=O) groups excluding carboxylic acids is 3. The van der Waals surface area contributed by atoms with E-state index in [0.29, 0.717) is 55.2 Å². The molecule has 1 saturated heterocycles. The van der Waals surface area contributed by atoms with Crippen LogP contribution in [0.3, 0.4) is 0 Å². The summed E-state index contributed by atoms with van der Waals surface area (Å²) < 4.78 is 0. The van der Waals surface area contributed by atoms with Crippen LogP contribution in [0, 0.1) is 17.2 Å². The summed E-state index contributed by atoms with van der Waals surface area (Å²) in [6.45, 7) is 5.00. The zero-order valence-corrected chi connectivity index (χ0v) is 26.9. The number of likely N-dealkylation sites (tertiary alicyclic amines) is 1. The second kappa shape index (κ2) is 12.2. The summed E-state index contributed by atoms with van der Waals surface area (Å²) in [5, 5.41) is 34.9. The highest BCUT2D eigenvalue weighted by Gasteiger charge is 2.55. The van der Waals surface area contributed by atoms with Gasteiger partial charge in [0, 0.05) is 35.8 Å². The van der Waals surface area contributed by atoms with Crippen molar-refractivity contribution < 1.29 is 14.4 Å². The zero-order chi connectivity index (χ0) is 32.8. The molecule has 244 valence electrons. The number of rotatable bonds is 10. The third kappa shape index (κ3) is 5.36. The topological polar surface area (TPSA) is 169 Å². The van der Waals surface area contributed by atoms with Gasteiger partial charge in [0.05, 0.1) is 18.0 Å². The standard InChI is InChI=1S/C35H41N9O3/c1-3-37-31(46)23-8-10-27-21(14-23)6-7-22-15-24(32(47)38-4-2)9-11-28(22)35(27,33-40-42-43-41-33)20-34(12-5-13-34)39-19-30(45)44-26(18-36)16-25-17-29(25)44/h8-11,14-15,25-26,29,39H,3-7,12-13,16-17,19-20H2,1-2H3,(H,37,46)(H,38,47)(H,40,41,42,43)/t25-,26+,29+/m1/s1. The number of aromatic amines is 1. The molecule has 1 aromatic heterocycles. The lowest BCUT2D eigenvalue weighted by atomic mass is 9.60. The van der Waals surface area contributed by atoms with Gasteiger partial charge in [-0.1, -0.05) is 12.1 Å². The summed E-state index contributed by atoms with van der Waals surface area (Å²) in [4.78, 5) is 41.3. The van der Waals surface area contributed by atoms with Crippen molar-refractivity contribution in [2.45, 2.75) is 88.3 Å². The van der Waals surface area contributed by atoms with Crippen molar-refractivity contribution in [3.05, 3.63) is 75.6 Å². The van der Waals surface area contributed by atoms with Crippen molar-refractivity contribution in [1.82, 2.24) is 41.5 Å². The molecule has 12 nitrogen and oxygen atoms in total. The molecule has 3 fully saturated rings. The summed E-state index contributed by atoms with van der Waals surface area (Å²) in [7, 11) is 0. The van der Waals surface area contributed by atoms with Gasteiger partial charge in [-0.25, -0.2) is 5.10 Å². The molecule has 3 aromatic rings. The molecule has 7 rings (SSSR count). The van der Waals surface area contributed by atoms with Gasteiger partial charge in [0.25, 0.3) is 11.8 Å². The molecule has 0 radical (unpaired) electrons. The maximum atomic E-state index is 13.6. The van der Waals surface area contributed by atoms with Crippen LogP contribution >= 0.6 is 0 Å². The number of benzene rings is 2. The van der Waals surface area contributed by atoms with Gasteiger partial charge >= 0.3 is 0 Å². The van der Waals surface area contributed by atoms with Crippen LogP contribution < -0.4 is 16.0 Å². The summed E-state index contributed by atoms with van der Waals surface area (Å²) in [6, 6.07) is 13.9. The van der Waals surface area contributed by atoms with Gasteiger partial charge in [-0.15, -0.1) is 5.10 Å². The molecule has 3 atom stereocenters. The molecule has 3 aliphatic carbocycles. The van der Waals surface area contributed by atoms with E-state index in [2.05, 4.69) is 42.6 Å². The van der Waals surface area contributed by atoms with E-state index in [1.165, 1.54) is 0 Å². The van der Waals surface area contributed by atoms with E-state index < -0.39 is 11.0 Å². The Kier molecular flexibility index (Phi) is 8.04. The number of nitrogens with zero attached hydrogens (tertiary/aromatic N) is 5. The normalized spacial score (nSPS) is 22.8. The summed E-state index contributed by atoms with van der Waals surface area (Å²) >= 11 is 0. The van der Waals surface area contributed by atoms with Crippen LogP contribution in [0.4, 0.5) is 0 Å². The fraction of sp³-hybridized carbons (Fsp3) is 0.514. The van der Waals surface area contributed by atoms with Crippen molar-refractivity contribution >= 4 is 17.7 Å². The predicted molar refractivity (Wildman–Crippen MR) is 172 cm³/mol. The minimum absolute atomic E-state index is 0.0250. The van der Waals surface area contributed by atoms with E-state index in [4.69, 9.17) is 0 Å². The maximum absolute atomic E-state index is 13.6. The van der Waals surface area contributed by atoms with Crippen molar-refractivity contribution in [3.8, 4) is 6.07 Å². The third-order valence-corrected chi connectivity index (χ3v) is 10.8. The molecule has 0 spiro atoms. The Hall–Kier alpha value is -4.63. The first-order valence-corrected chi connectivity index (χ1v) is 16.9. The highest BCUT2D eigenvalue weighted by atomic mass is 16.2. The fourth-order valence-corrected chi connectivity index (χ4v) is 8.34. The summed E-state index contributed by atoms with van der Waals surface area (Å²) in [6.07, 6.45) is 6.34. The fourth-order valence-electron chi connectivity index (χ4n) is 8.34. The maximum Gasteiger partial charge on any atom is 0.251 e. The second-order valence-corrected chi connectivity index (χ2v) is 13.5. The minimum Gasteiger partial charge on any atom is -0.352 e. The predicted octanol–water partition coefficient (Wildman–Crippen LogP) is 2.55. The van der Waals surface area contributed by atoms with Crippen LogP contribution in [0.15, 0.2) is 36.4 Å². The Morgan fingerprint density at radius 1 is 0.979 bits per heavy atom. The van der Waals surface area contributed by atoms with E-state index in [-0.39, 0.29) is 36.3 Å². The van der Waals surface area contributed by atoms with E-state index in [0.717, 1.165) is 54.4 Å². The average molecular weight is 636 g/mol. The van der Waals surface area contributed by atoms with Crippen LogP contribution in [-0.2, 0) is 23.1 Å². The number of nitrogens with one attached hydrogen (secondary N) is 4. The number of tetrazole rings is 1. The van der Waals surface area contributed by atoms with Gasteiger partial charge in [-0.05, 0) is 128 Å². The molecule has 0 bridgehead atoms. The Labute approximate surface area is 274 Å². The molecule has 47 heavy (non-hydrogen) atoms. The van der Waals surface area contributed by atoms with Crippen LogP contribution in [0.5, 0.6) is 0 Å². The third-order valence-electron chi connectivity index (χ3n) is 10.8. The largest absolute Gasteiger partial charge is 0.352 e. The van der Waals surface area contributed by atoms with Crippen LogP contribution in [0.1, 0.15) is 101 Å². The number of hydrogen-bond donors (Lipinski definition) is 4. The van der Waals surface area contributed by atoms with E-state index in [9.17, 15) is 19.6 Å². The monoisotopic (exact) mass is 635 g/mol. The summed E-state index contributed by atoms with van der Waals surface area (Å²) in [5.41, 5.74) is 3.91. The first kappa shape index (κ1) is 31.0. The quantitative estimate of drug-likeness (QED) is 0.264. The van der Waals surface area contributed by atoms with Crippen LogP contribution in [0.25, 0.3) is 0 Å². The molecule has 12 heteroatoms. The van der Waals surface area contributed by atoms with E-state index >= 15 is 0 Å².